The number of fused-ring (bicyclic) bond motifs is 1. The SMILES string of the molecule is NC(=O)C1c2ccccc2CCN1Cc1ncc(C(F)(F)F)s1. The number of primary amides is 1. The van der Waals surface area contributed by atoms with Crippen molar-refractivity contribution in [2.75, 3.05) is 6.54 Å². The van der Waals surface area contributed by atoms with Gasteiger partial charge in [0.1, 0.15) is 15.9 Å². The second kappa shape index (κ2) is 5.93. The molecule has 0 aliphatic carbocycles. The van der Waals surface area contributed by atoms with Crippen molar-refractivity contribution in [1.82, 2.24) is 9.88 Å². The molecule has 2 N–H and O–H groups in total. The molecule has 1 aliphatic rings. The molecule has 0 saturated carbocycles. The molecule has 1 aliphatic heterocycles. The average Bonchev–Trinajstić information content (AvgIpc) is 2.95. The number of nitrogens with zero attached hydrogens (tertiary/aromatic N) is 2. The molecule has 0 spiro atoms. The van der Waals surface area contributed by atoms with Crippen molar-refractivity contribution < 1.29 is 18.0 Å². The van der Waals surface area contributed by atoms with E-state index >= 15 is 0 Å². The molecule has 2 heterocycles. The van der Waals surface area contributed by atoms with Gasteiger partial charge in [0.2, 0.25) is 5.91 Å². The number of amides is 1. The smallest absolute Gasteiger partial charge is 0.368 e. The average molecular weight is 341 g/mol. The minimum atomic E-state index is -4.40. The number of aromatic nitrogens is 1. The van der Waals surface area contributed by atoms with E-state index in [9.17, 15) is 18.0 Å². The van der Waals surface area contributed by atoms with Gasteiger partial charge in [0.25, 0.3) is 0 Å². The first-order valence-electron chi connectivity index (χ1n) is 6.99. The van der Waals surface area contributed by atoms with Gasteiger partial charge >= 0.3 is 6.18 Å². The van der Waals surface area contributed by atoms with Gasteiger partial charge in [-0.25, -0.2) is 4.98 Å². The molecule has 0 saturated heterocycles. The van der Waals surface area contributed by atoms with E-state index < -0.39 is 23.0 Å². The first-order valence-corrected chi connectivity index (χ1v) is 7.81. The van der Waals surface area contributed by atoms with Gasteiger partial charge in [0.15, 0.2) is 0 Å². The van der Waals surface area contributed by atoms with Crippen LogP contribution in [0.2, 0.25) is 0 Å². The van der Waals surface area contributed by atoms with Gasteiger partial charge < -0.3 is 5.73 Å². The standard InChI is InChI=1S/C15H14F3N3OS/c16-15(17,18)11-7-20-12(23-11)8-21-6-5-9-3-1-2-4-10(9)13(21)14(19)22/h1-4,7,13H,5-6,8H2,(H2,19,22). The number of rotatable bonds is 3. The molecule has 1 aromatic heterocycles. The van der Waals surface area contributed by atoms with Gasteiger partial charge in [0, 0.05) is 6.54 Å². The number of thiazole rings is 1. The van der Waals surface area contributed by atoms with Gasteiger partial charge in [-0.15, -0.1) is 11.3 Å². The maximum atomic E-state index is 12.7. The molecule has 4 nitrogen and oxygen atoms in total. The summed E-state index contributed by atoms with van der Waals surface area (Å²) < 4.78 is 38.0. The summed E-state index contributed by atoms with van der Waals surface area (Å²) in [4.78, 5) is 16.7. The lowest BCUT2D eigenvalue weighted by molar-refractivity contribution is -0.134. The number of halogens is 3. The maximum Gasteiger partial charge on any atom is 0.427 e. The maximum absolute atomic E-state index is 12.7. The quantitative estimate of drug-likeness (QED) is 0.934. The minimum absolute atomic E-state index is 0.169. The van der Waals surface area contributed by atoms with Gasteiger partial charge in [0.05, 0.1) is 12.7 Å². The summed E-state index contributed by atoms with van der Waals surface area (Å²) >= 11 is 0.599. The number of hydrogen-bond acceptors (Lipinski definition) is 4. The Hall–Kier alpha value is -1.93. The minimum Gasteiger partial charge on any atom is -0.368 e. The summed E-state index contributed by atoms with van der Waals surface area (Å²) in [5.74, 6) is -0.509. The fourth-order valence-electron chi connectivity index (χ4n) is 2.81. The van der Waals surface area contributed by atoms with Crippen LogP contribution in [0.25, 0.3) is 0 Å². The monoisotopic (exact) mass is 341 g/mol. The van der Waals surface area contributed by atoms with Crippen molar-refractivity contribution in [3.63, 3.8) is 0 Å². The third kappa shape index (κ3) is 3.23. The molecule has 1 amide bonds. The second-order valence-electron chi connectivity index (χ2n) is 5.34. The fourth-order valence-corrected chi connectivity index (χ4v) is 3.62. The molecule has 1 unspecified atom stereocenters. The van der Waals surface area contributed by atoms with E-state index in [1.807, 2.05) is 24.3 Å². The van der Waals surface area contributed by atoms with Gasteiger partial charge in [-0.2, -0.15) is 13.2 Å². The summed E-state index contributed by atoms with van der Waals surface area (Å²) in [6, 6.07) is 6.85. The largest absolute Gasteiger partial charge is 0.427 e. The lowest BCUT2D eigenvalue weighted by Gasteiger charge is -2.34. The molecular weight excluding hydrogens is 327 g/mol. The van der Waals surface area contributed by atoms with Crippen molar-refractivity contribution in [2.24, 2.45) is 5.73 Å². The van der Waals surface area contributed by atoms with Crippen LogP contribution < -0.4 is 5.73 Å². The normalized spacial score (nSPS) is 18.7. The highest BCUT2D eigenvalue weighted by Crippen LogP contribution is 2.35. The number of carbonyl (C=O) groups excluding carboxylic acids is 1. The van der Waals surface area contributed by atoms with Crippen LogP contribution in [0.4, 0.5) is 13.2 Å². The van der Waals surface area contributed by atoms with Crippen molar-refractivity contribution in [2.45, 2.75) is 25.2 Å². The lowest BCUT2D eigenvalue weighted by atomic mass is 9.92. The highest BCUT2D eigenvalue weighted by atomic mass is 32.1. The van der Waals surface area contributed by atoms with Crippen LogP contribution in [-0.2, 0) is 23.9 Å². The summed E-state index contributed by atoms with van der Waals surface area (Å²) in [5, 5.41) is 0.322. The molecule has 2 aromatic rings. The zero-order valence-corrected chi connectivity index (χ0v) is 12.8. The molecule has 8 heteroatoms. The van der Waals surface area contributed by atoms with Crippen LogP contribution in [0.5, 0.6) is 0 Å². The molecular formula is C15H14F3N3OS. The highest BCUT2D eigenvalue weighted by Gasteiger charge is 2.35. The Balaban J connectivity index is 1.85. The first kappa shape index (κ1) is 15.9. The zero-order chi connectivity index (χ0) is 16.6. The van der Waals surface area contributed by atoms with Gasteiger partial charge in [-0.1, -0.05) is 24.3 Å². The zero-order valence-electron chi connectivity index (χ0n) is 12.0. The Morgan fingerprint density at radius 3 is 2.78 bits per heavy atom. The predicted octanol–water partition coefficient (Wildman–Crippen LogP) is 2.75. The van der Waals surface area contributed by atoms with Crippen LogP contribution in [0.3, 0.4) is 0 Å². The number of alkyl halides is 3. The molecule has 122 valence electrons. The van der Waals surface area contributed by atoms with E-state index in [2.05, 4.69) is 4.98 Å². The number of benzene rings is 1. The second-order valence-corrected chi connectivity index (χ2v) is 6.46. The van der Waals surface area contributed by atoms with Crippen LogP contribution in [0.1, 0.15) is 27.1 Å². The molecule has 1 aromatic carbocycles. The van der Waals surface area contributed by atoms with E-state index in [0.717, 1.165) is 23.7 Å². The number of carbonyl (C=O) groups is 1. The molecule has 3 rings (SSSR count). The van der Waals surface area contributed by atoms with Gasteiger partial charge in [-0.05, 0) is 17.5 Å². The Labute approximate surface area is 134 Å². The van der Waals surface area contributed by atoms with Crippen molar-refractivity contribution >= 4 is 17.2 Å². The summed E-state index contributed by atoms with van der Waals surface area (Å²) in [6.45, 7) is 0.717. The van der Waals surface area contributed by atoms with E-state index in [0.29, 0.717) is 22.9 Å². The number of nitrogens with two attached hydrogens (primary N) is 1. The first-order chi connectivity index (χ1) is 10.9. The predicted molar refractivity (Wildman–Crippen MR) is 79.6 cm³/mol. The Kier molecular flexibility index (Phi) is 4.11. The van der Waals surface area contributed by atoms with Crippen molar-refractivity contribution in [1.29, 1.82) is 0 Å². The topological polar surface area (TPSA) is 59.2 Å². The van der Waals surface area contributed by atoms with E-state index in [4.69, 9.17) is 5.73 Å². The van der Waals surface area contributed by atoms with Crippen LogP contribution >= 0.6 is 11.3 Å². The van der Waals surface area contributed by atoms with Crippen LogP contribution in [0, 0.1) is 0 Å². The Bertz CT molecular complexity index is 729. The van der Waals surface area contributed by atoms with E-state index in [-0.39, 0.29) is 6.54 Å². The van der Waals surface area contributed by atoms with Crippen LogP contribution in [-0.4, -0.2) is 22.3 Å². The third-order valence-corrected chi connectivity index (χ3v) is 4.85. The fraction of sp³-hybridized carbons (Fsp3) is 0.333. The van der Waals surface area contributed by atoms with Crippen LogP contribution in [0.15, 0.2) is 30.5 Å². The third-order valence-electron chi connectivity index (χ3n) is 3.82. The van der Waals surface area contributed by atoms with E-state index in [1.54, 1.807) is 4.90 Å². The molecule has 23 heavy (non-hydrogen) atoms. The van der Waals surface area contributed by atoms with Gasteiger partial charge in [-0.3, -0.25) is 9.69 Å². The summed E-state index contributed by atoms with van der Waals surface area (Å²) in [6.07, 6.45) is -2.85. The van der Waals surface area contributed by atoms with Crippen molar-refractivity contribution in [3.8, 4) is 0 Å². The number of hydrogen-bond donors (Lipinski definition) is 1. The van der Waals surface area contributed by atoms with E-state index in [1.165, 1.54) is 0 Å². The summed E-state index contributed by atoms with van der Waals surface area (Å²) in [5.41, 5.74) is 7.39. The molecule has 0 fully saturated rings. The Morgan fingerprint density at radius 2 is 2.13 bits per heavy atom. The summed E-state index contributed by atoms with van der Waals surface area (Å²) in [7, 11) is 0. The molecule has 0 radical (unpaired) electrons. The lowest BCUT2D eigenvalue weighted by Crippen LogP contribution is -2.42. The Morgan fingerprint density at radius 1 is 1.39 bits per heavy atom. The highest BCUT2D eigenvalue weighted by molar-refractivity contribution is 7.11. The molecule has 1 atom stereocenters. The molecule has 0 bridgehead atoms. The van der Waals surface area contributed by atoms with Crippen molar-refractivity contribution in [3.05, 3.63) is 51.5 Å².